The van der Waals surface area contributed by atoms with E-state index >= 15 is 0 Å². The summed E-state index contributed by atoms with van der Waals surface area (Å²) in [6, 6.07) is 0. The number of nitrogens with one attached hydrogen (secondary N) is 2. The standard InChI is InChI=1S/C17H36N4O.HI/c1-7-18-16(20-12-15(22-6)17(3,4)5)19-11-14-9-10-21(8-2)13-14;/h14-15H,7-13H2,1-6H3,(H2,18,19,20);1H. The molecule has 1 heterocycles. The number of halogens is 1. The molecule has 138 valence electrons. The molecule has 0 bridgehead atoms. The molecule has 6 heteroatoms. The Balaban J connectivity index is 0.00000484. The van der Waals surface area contributed by atoms with Crippen LogP contribution in [-0.2, 0) is 4.74 Å². The van der Waals surface area contributed by atoms with Gasteiger partial charge in [0.2, 0.25) is 0 Å². The van der Waals surface area contributed by atoms with E-state index in [-0.39, 0.29) is 35.5 Å². The van der Waals surface area contributed by atoms with Gasteiger partial charge in [0.05, 0.1) is 12.6 Å². The van der Waals surface area contributed by atoms with Crippen LogP contribution < -0.4 is 10.6 Å². The molecule has 2 atom stereocenters. The fourth-order valence-electron chi connectivity index (χ4n) is 2.83. The number of likely N-dealkylation sites (tertiary alicyclic amines) is 1. The first kappa shape index (κ1) is 22.9. The van der Waals surface area contributed by atoms with E-state index in [0.717, 1.165) is 31.5 Å². The van der Waals surface area contributed by atoms with Gasteiger partial charge in [-0.1, -0.05) is 27.7 Å². The zero-order valence-corrected chi connectivity index (χ0v) is 18.1. The molecule has 23 heavy (non-hydrogen) atoms. The molecule has 0 amide bonds. The lowest BCUT2D eigenvalue weighted by atomic mass is 9.89. The van der Waals surface area contributed by atoms with E-state index in [9.17, 15) is 0 Å². The van der Waals surface area contributed by atoms with Gasteiger partial charge in [0.25, 0.3) is 0 Å². The number of hydrogen-bond acceptors (Lipinski definition) is 3. The van der Waals surface area contributed by atoms with Crippen molar-refractivity contribution in [3.8, 4) is 0 Å². The molecule has 1 rings (SSSR count). The Bertz CT molecular complexity index is 344. The van der Waals surface area contributed by atoms with E-state index in [1.807, 2.05) is 0 Å². The van der Waals surface area contributed by atoms with Gasteiger partial charge in [0, 0.05) is 26.7 Å². The molecule has 1 saturated heterocycles. The number of guanidine groups is 1. The third-order valence-corrected chi connectivity index (χ3v) is 4.39. The third kappa shape index (κ3) is 8.54. The maximum Gasteiger partial charge on any atom is 0.191 e. The Kier molecular flexibility index (Phi) is 11.4. The highest BCUT2D eigenvalue weighted by Gasteiger charge is 2.24. The van der Waals surface area contributed by atoms with Crippen LogP contribution in [0, 0.1) is 11.3 Å². The van der Waals surface area contributed by atoms with Gasteiger partial charge in [-0.3, -0.25) is 4.99 Å². The molecular weight excluding hydrogens is 403 g/mol. The lowest BCUT2D eigenvalue weighted by molar-refractivity contribution is 0.0241. The van der Waals surface area contributed by atoms with Crippen LogP contribution in [0.2, 0.25) is 0 Å². The largest absolute Gasteiger partial charge is 0.379 e. The summed E-state index contributed by atoms with van der Waals surface area (Å²) in [5.74, 6) is 1.63. The highest BCUT2D eigenvalue weighted by atomic mass is 127. The molecule has 0 aromatic heterocycles. The average Bonchev–Trinajstić information content (AvgIpc) is 2.91. The van der Waals surface area contributed by atoms with E-state index in [1.165, 1.54) is 19.5 Å². The first-order chi connectivity index (χ1) is 10.4. The molecule has 1 aliphatic heterocycles. The van der Waals surface area contributed by atoms with Gasteiger partial charge in [-0.25, -0.2) is 0 Å². The number of nitrogens with zero attached hydrogens (tertiary/aromatic N) is 2. The van der Waals surface area contributed by atoms with E-state index < -0.39 is 0 Å². The van der Waals surface area contributed by atoms with E-state index in [0.29, 0.717) is 6.54 Å². The average molecular weight is 440 g/mol. The highest BCUT2D eigenvalue weighted by Crippen LogP contribution is 2.21. The lowest BCUT2D eigenvalue weighted by Gasteiger charge is -2.28. The molecule has 0 aliphatic carbocycles. The van der Waals surface area contributed by atoms with Gasteiger partial charge in [0.1, 0.15) is 0 Å². The van der Waals surface area contributed by atoms with Crippen molar-refractivity contribution in [3.63, 3.8) is 0 Å². The van der Waals surface area contributed by atoms with Crippen molar-refractivity contribution in [2.45, 2.75) is 47.1 Å². The van der Waals surface area contributed by atoms with Gasteiger partial charge in [0.15, 0.2) is 5.96 Å². The van der Waals surface area contributed by atoms with Crippen molar-refractivity contribution in [1.29, 1.82) is 0 Å². The van der Waals surface area contributed by atoms with Crippen molar-refractivity contribution in [2.24, 2.45) is 16.3 Å². The van der Waals surface area contributed by atoms with Crippen LogP contribution in [0.1, 0.15) is 41.0 Å². The van der Waals surface area contributed by atoms with Gasteiger partial charge in [-0.15, -0.1) is 24.0 Å². The maximum absolute atomic E-state index is 5.58. The molecule has 1 aliphatic rings. The van der Waals surface area contributed by atoms with E-state index in [1.54, 1.807) is 7.11 Å². The first-order valence-corrected chi connectivity index (χ1v) is 8.68. The first-order valence-electron chi connectivity index (χ1n) is 8.68. The van der Waals surface area contributed by atoms with Crippen LogP contribution in [0.25, 0.3) is 0 Å². The number of methoxy groups -OCH3 is 1. The number of hydrogen-bond donors (Lipinski definition) is 2. The fraction of sp³-hybridized carbons (Fsp3) is 0.941. The van der Waals surface area contributed by atoms with Gasteiger partial charge < -0.3 is 20.3 Å². The maximum atomic E-state index is 5.58. The van der Waals surface area contributed by atoms with Crippen LogP contribution in [0.4, 0.5) is 0 Å². The molecule has 1 fully saturated rings. The number of rotatable bonds is 7. The van der Waals surface area contributed by atoms with Gasteiger partial charge in [-0.05, 0) is 37.8 Å². The van der Waals surface area contributed by atoms with E-state index in [4.69, 9.17) is 9.73 Å². The van der Waals surface area contributed by atoms with Crippen LogP contribution in [0.5, 0.6) is 0 Å². The number of ether oxygens (including phenoxy) is 1. The Hall–Kier alpha value is -0.0800. The summed E-state index contributed by atoms with van der Waals surface area (Å²) >= 11 is 0. The van der Waals surface area contributed by atoms with Gasteiger partial charge in [-0.2, -0.15) is 0 Å². The van der Waals surface area contributed by atoms with E-state index in [2.05, 4.69) is 50.2 Å². The second-order valence-electron chi connectivity index (χ2n) is 7.24. The van der Waals surface area contributed by atoms with Gasteiger partial charge >= 0.3 is 0 Å². The summed E-state index contributed by atoms with van der Waals surface area (Å²) in [7, 11) is 1.77. The Morgan fingerprint density at radius 2 is 2.00 bits per heavy atom. The normalized spacial score (nSPS) is 21.0. The Morgan fingerprint density at radius 3 is 2.48 bits per heavy atom. The molecule has 0 aromatic carbocycles. The molecule has 2 unspecified atom stereocenters. The van der Waals surface area contributed by atoms with Crippen LogP contribution in [0.15, 0.2) is 4.99 Å². The fourth-order valence-corrected chi connectivity index (χ4v) is 2.83. The minimum atomic E-state index is 0. The molecule has 0 spiro atoms. The molecule has 0 saturated carbocycles. The summed E-state index contributed by atoms with van der Waals surface area (Å²) in [6.07, 6.45) is 1.41. The van der Waals surface area contributed by atoms with Crippen LogP contribution in [0.3, 0.4) is 0 Å². The van der Waals surface area contributed by atoms with Crippen LogP contribution in [-0.4, -0.2) is 63.3 Å². The Morgan fingerprint density at radius 1 is 1.30 bits per heavy atom. The molecular formula is C17H37IN4O. The zero-order valence-electron chi connectivity index (χ0n) is 15.8. The molecule has 5 nitrogen and oxygen atoms in total. The molecule has 2 N–H and O–H groups in total. The Labute approximate surface area is 160 Å². The predicted molar refractivity (Wildman–Crippen MR) is 110 cm³/mol. The smallest absolute Gasteiger partial charge is 0.191 e. The summed E-state index contributed by atoms with van der Waals surface area (Å²) in [6.45, 7) is 17.0. The summed E-state index contributed by atoms with van der Waals surface area (Å²) in [5.41, 5.74) is 0.0999. The minimum absolute atomic E-state index is 0. The van der Waals surface area contributed by atoms with Crippen molar-refractivity contribution in [3.05, 3.63) is 0 Å². The van der Waals surface area contributed by atoms with Crippen LogP contribution >= 0.6 is 24.0 Å². The molecule has 0 aromatic rings. The topological polar surface area (TPSA) is 48.9 Å². The second-order valence-corrected chi connectivity index (χ2v) is 7.24. The highest BCUT2D eigenvalue weighted by molar-refractivity contribution is 14.0. The SMILES string of the molecule is CCNC(=NCC(OC)C(C)(C)C)NCC1CCN(CC)C1.I. The van der Waals surface area contributed by atoms with Crippen molar-refractivity contribution in [1.82, 2.24) is 15.5 Å². The quantitative estimate of drug-likeness (QED) is 0.363. The summed E-state index contributed by atoms with van der Waals surface area (Å²) in [5, 5.41) is 6.83. The van der Waals surface area contributed by atoms with Crippen molar-refractivity contribution in [2.75, 3.05) is 46.4 Å². The zero-order chi connectivity index (χ0) is 16.6. The van der Waals surface area contributed by atoms with Crippen molar-refractivity contribution >= 4 is 29.9 Å². The predicted octanol–water partition coefficient (Wildman–Crippen LogP) is 2.56. The molecule has 0 radical (unpaired) electrons. The summed E-state index contributed by atoms with van der Waals surface area (Å²) in [4.78, 5) is 7.22. The second kappa shape index (κ2) is 11.5. The third-order valence-electron chi connectivity index (χ3n) is 4.39. The minimum Gasteiger partial charge on any atom is -0.379 e. The monoisotopic (exact) mass is 440 g/mol. The number of aliphatic imine (C=N–C) groups is 1. The van der Waals surface area contributed by atoms with Crippen molar-refractivity contribution < 1.29 is 4.74 Å². The lowest BCUT2D eigenvalue weighted by Crippen LogP contribution is -2.41. The summed E-state index contributed by atoms with van der Waals surface area (Å²) < 4.78 is 5.58.